The molecule has 3 unspecified atom stereocenters. The highest BCUT2D eigenvalue weighted by atomic mass is 79.9. The van der Waals surface area contributed by atoms with Crippen LogP contribution in [-0.4, -0.2) is 34.5 Å². The predicted octanol–water partition coefficient (Wildman–Crippen LogP) is 1.51. The van der Waals surface area contributed by atoms with Gasteiger partial charge in [-0.3, -0.25) is 0 Å². The van der Waals surface area contributed by atoms with Gasteiger partial charge in [-0.2, -0.15) is 0 Å². The van der Waals surface area contributed by atoms with Gasteiger partial charge in [-0.15, -0.1) is 10.2 Å². The van der Waals surface area contributed by atoms with Gasteiger partial charge in [-0.25, -0.2) is 0 Å². The lowest BCUT2D eigenvalue weighted by atomic mass is 10.00. The molecule has 1 saturated heterocycles. The average molecular weight is 290 g/mol. The molecule has 0 spiro atoms. The molecule has 1 N–H and O–H groups in total. The van der Waals surface area contributed by atoms with Gasteiger partial charge in [0.15, 0.2) is 3.92 Å². The number of aliphatic hydroxyl groups is 1. The van der Waals surface area contributed by atoms with Crippen molar-refractivity contribution in [1.29, 1.82) is 0 Å². The van der Waals surface area contributed by atoms with Crippen LogP contribution >= 0.6 is 27.3 Å². The summed E-state index contributed by atoms with van der Waals surface area (Å²) in [6, 6.07) is 0. The highest BCUT2D eigenvalue weighted by molar-refractivity contribution is 9.11. The Morgan fingerprint density at radius 1 is 1.33 bits per heavy atom. The number of aliphatic hydroxyl groups excluding tert-OH is 1. The monoisotopic (exact) mass is 289 g/mol. The molecule has 0 amide bonds. The van der Waals surface area contributed by atoms with E-state index >= 15 is 0 Å². The third kappa shape index (κ3) is 1.68. The molecule has 1 saturated carbocycles. The zero-order chi connectivity index (χ0) is 10.4. The molecule has 0 aromatic carbocycles. The minimum Gasteiger partial charge on any atom is -0.393 e. The minimum absolute atomic E-state index is 0.101. The first-order valence-corrected chi connectivity index (χ1v) is 6.77. The van der Waals surface area contributed by atoms with E-state index < -0.39 is 0 Å². The quantitative estimate of drug-likeness (QED) is 0.851. The van der Waals surface area contributed by atoms with Crippen LogP contribution in [0.5, 0.6) is 0 Å². The lowest BCUT2D eigenvalue weighted by Crippen LogP contribution is -2.24. The van der Waals surface area contributed by atoms with E-state index in [9.17, 15) is 5.11 Å². The molecule has 6 heteroatoms. The maximum atomic E-state index is 9.80. The fourth-order valence-corrected chi connectivity index (χ4v) is 3.82. The molecule has 1 aromatic rings. The van der Waals surface area contributed by atoms with E-state index in [4.69, 9.17) is 0 Å². The zero-order valence-electron chi connectivity index (χ0n) is 8.14. The summed E-state index contributed by atoms with van der Waals surface area (Å²) < 4.78 is 0.829. The number of fused-ring (bicyclic) bond motifs is 1. The predicted molar refractivity (Wildman–Crippen MR) is 62.0 cm³/mol. The Bertz CT molecular complexity index is 372. The van der Waals surface area contributed by atoms with E-state index in [0.29, 0.717) is 11.8 Å². The molecule has 3 atom stereocenters. The first-order chi connectivity index (χ1) is 7.24. The van der Waals surface area contributed by atoms with Crippen LogP contribution in [0.1, 0.15) is 12.8 Å². The van der Waals surface area contributed by atoms with Crippen molar-refractivity contribution in [3.8, 4) is 0 Å². The summed E-state index contributed by atoms with van der Waals surface area (Å²) >= 11 is 4.88. The van der Waals surface area contributed by atoms with Crippen LogP contribution in [0.4, 0.5) is 5.13 Å². The van der Waals surface area contributed by atoms with E-state index in [1.165, 1.54) is 0 Å². The topological polar surface area (TPSA) is 49.2 Å². The van der Waals surface area contributed by atoms with Gasteiger partial charge in [-0.05, 0) is 34.7 Å². The molecular weight excluding hydrogens is 278 g/mol. The standard InChI is InChI=1S/C9H12BrN3OS/c10-8-11-12-9(15-8)13-3-5-1-2-7(14)6(5)4-13/h5-7,14H,1-4H2. The van der Waals surface area contributed by atoms with Crippen LogP contribution < -0.4 is 4.90 Å². The van der Waals surface area contributed by atoms with Gasteiger partial charge < -0.3 is 10.0 Å². The van der Waals surface area contributed by atoms with E-state index in [2.05, 4.69) is 31.0 Å². The van der Waals surface area contributed by atoms with Crippen LogP contribution in [0.15, 0.2) is 3.92 Å². The van der Waals surface area contributed by atoms with Gasteiger partial charge in [0.1, 0.15) is 0 Å². The molecule has 1 aliphatic heterocycles. The molecule has 15 heavy (non-hydrogen) atoms. The van der Waals surface area contributed by atoms with Crippen molar-refractivity contribution in [3.63, 3.8) is 0 Å². The summed E-state index contributed by atoms with van der Waals surface area (Å²) in [6.07, 6.45) is 2.03. The number of rotatable bonds is 1. The highest BCUT2D eigenvalue weighted by Crippen LogP contribution is 2.40. The Balaban J connectivity index is 1.77. The maximum absolute atomic E-state index is 9.80. The number of hydrogen-bond acceptors (Lipinski definition) is 5. The lowest BCUT2D eigenvalue weighted by molar-refractivity contribution is 0.133. The van der Waals surface area contributed by atoms with Crippen molar-refractivity contribution in [2.75, 3.05) is 18.0 Å². The molecular formula is C9H12BrN3OS. The molecule has 2 fully saturated rings. The molecule has 1 aromatic heterocycles. The van der Waals surface area contributed by atoms with Gasteiger partial charge in [0.25, 0.3) is 0 Å². The second kappa shape index (κ2) is 3.68. The van der Waals surface area contributed by atoms with E-state index in [1.54, 1.807) is 11.3 Å². The second-order valence-corrected chi connectivity index (χ2v) is 6.54. The molecule has 0 bridgehead atoms. The van der Waals surface area contributed by atoms with Gasteiger partial charge in [0.05, 0.1) is 6.10 Å². The third-order valence-corrected chi connectivity index (χ3v) is 4.90. The molecule has 0 radical (unpaired) electrons. The molecule has 4 nitrogen and oxygen atoms in total. The van der Waals surface area contributed by atoms with Crippen LogP contribution in [0.25, 0.3) is 0 Å². The minimum atomic E-state index is -0.101. The van der Waals surface area contributed by atoms with Crippen molar-refractivity contribution >= 4 is 32.4 Å². The summed E-state index contributed by atoms with van der Waals surface area (Å²) in [5.74, 6) is 1.11. The first-order valence-electron chi connectivity index (χ1n) is 5.16. The van der Waals surface area contributed by atoms with E-state index in [1.807, 2.05) is 0 Å². The molecule has 3 rings (SSSR count). The molecule has 1 aliphatic carbocycles. The Hall–Kier alpha value is -0.200. The summed E-state index contributed by atoms with van der Waals surface area (Å²) in [7, 11) is 0. The summed E-state index contributed by atoms with van der Waals surface area (Å²) in [4.78, 5) is 2.25. The third-order valence-electron chi connectivity index (χ3n) is 3.48. The zero-order valence-corrected chi connectivity index (χ0v) is 10.5. The van der Waals surface area contributed by atoms with Crippen LogP contribution in [0.2, 0.25) is 0 Å². The lowest BCUT2D eigenvalue weighted by Gasteiger charge is -2.16. The molecule has 82 valence electrons. The van der Waals surface area contributed by atoms with Gasteiger partial charge in [-0.1, -0.05) is 11.3 Å². The largest absolute Gasteiger partial charge is 0.393 e. The Labute approximate surface area is 100 Å². The first kappa shape index (κ1) is 9.99. The number of anilines is 1. The Morgan fingerprint density at radius 2 is 2.20 bits per heavy atom. The van der Waals surface area contributed by atoms with Crippen molar-refractivity contribution in [3.05, 3.63) is 3.92 Å². The normalized spacial score (nSPS) is 34.8. The summed E-state index contributed by atoms with van der Waals surface area (Å²) in [5.41, 5.74) is 0. The van der Waals surface area contributed by atoms with Crippen LogP contribution in [0, 0.1) is 11.8 Å². The molecule has 2 heterocycles. The molecule has 2 aliphatic rings. The van der Waals surface area contributed by atoms with Gasteiger partial charge in [0, 0.05) is 19.0 Å². The average Bonchev–Trinajstić information content (AvgIpc) is 2.84. The fourth-order valence-electron chi connectivity index (χ4n) is 2.72. The van der Waals surface area contributed by atoms with Crippen molar-refractivity contribution in [1.82, 2.24) is 10.2 Å². The number of hydrogen-bond donors (Lipinski definition) is 1. The highest BCUT2D eigenvalue weighted by Gasteiger charge is 2.42. The summed E-state index contributed by atoms with van der Waals surface area (Å²) in [6.45, 7) is 1.97. The summed E-state index contributed by atoms with van der Waals surface area (Å²) in [5, 5.41) is 18.8. The maximum Gasteiger partial charge on any atom is 0.209 e. The van der Waals surface area contributed by atoms with Gasteiger partial charge >= 0.3 is 0 Å². The SMILES string of the molecule is OC1CCC2CN(c3nnc(Br)s3)CC12. The van der Waals surface area contributed by atoms with Crippen molar-refractivity contribution < 1.29 is 5.11 Å². The number of aromatic nitrogens is 2. The van der Waals surface area contributed by atoms with Crippen molar-refractivity contribution in [2.24, 2.45) is 11.8 Å². The van der Waals surface area contributed by atoms with Gasteiger partial charge in [0.2, 0.25) is 5.13 Å². The smallest absolute Gasteiger partial charge is 0.209 e. The Kier molecular flexibility index (Phi) is 2.45. The number of halogens is 1. The van der Waals surface area contributed by atoms with Crippen LogP contribution in [-0.2, 0) is 0 Å². The van der Waals surface area contributed by atoms with Crippen LogP contribution in [0.3, 0.4) is 0 Å². The second-order valence-electron chi connectivity index (χ2n) is 4.31. The Morgan fingerprint density at radius 3 is 2.87 bits per heavy atom. The fraction of sp³-hybridized carbons (Fsp3) is 0.778. The van der Waals surface area contributed by atoms with E-state index in [-0.39, 0.29) is 6.10 Å². The van der Waals surface area contributed by atoms with Crippen molar-refractivity contribution in [2.45, 2.75) is 18.9 Å². The van der Waals surface area contributed by atoms with E-state index in [0.717, 1.165) is 35.0 Å². The number of nitrogens with zero attached hydrogens (tertiary/aromatic N) is 3.